The highest BCUT2D eigenvalue weighted by atomic mass is 16.5. The van der Waals surface area contributed by atoms with Gasteiger partial charge in [0.2, 0.25) is 0 Å². The van der Waals surface area contributed by atoms with Crippen LogP contribution in [-0.4, -0.2) is 40.9 Å². The van der Waals surface area contributed by atoms with E-state index in [4.69, 9.17) is 4.74 Å². The van der Waals surface area contributed by atoms with Crippen molar-refractivity contribution in [3.05, 3.63) is 34.9 Å². The Morgan fingerprint density at radius 3 is 3.00 bits per heavy atom. The molecule has 1 aromatic carbocycles. The first-order chi connectivity index (χ1) is 9.13. The minimum atomic E-state index is -0.442. The molecule has 4 rings (SSSR count). The van der Waals surface area contributed by atoms with Crippen LogP contribution in [-0.2, 0) is 6.54 Å². The summed E-state index contributed by atoms with van der Waals surface area (Å²) in [5, 5.41) is 20.0. The van der Waals surface area contributed by atoms with E-state index in [1.165, 1.54) is 11.1 Å². The summed E-state index contributed by atoms with van der Waals surface area (Å²) in [4.78, 5) is 2.24. The zero-order valence-electron chi connectivity index (χ0n) is 10.8. The Bertz CT molecular complexity index is 581. The Kier molecular flexibility index (Phi) is 2.23. The zero-order chi connectivity index (χ0) is 13.1. The van der Waals surface area contributed by atoms with E-state index < -0.39 is 6.10 Å². The summed E-state index contributed by atoms with van der Waals surface area (Å²) in [6.45, 7) is 1.69. The number of hydrogen-bond donors (Lipinski definition) is 2. The van der Waals surface area contributed by atoms with Crippen LogP contribution in [0.2, 0.25) is 0 Å². The van der Waals surface area contributed by atoms with E-state index in [0.29, 0.717) is 12.2 Å². The van der Waals surface area contributed by atoms with Crippen molar-refractivity contribution in [2.45, 2.75) is 31.1 Å². The molecule has 19 heavy (non-hydrogen) atoms. The van der Waals surface area contributed by atoms with Gasteiger partial charge in [0.25, 0.3) is 0 Å². The topological polar surface area (TPSA) is 52.9 Å². The first-order valence-corrected chi connectivity index (χ1v) is 6.72. The van der Waals surface area contributed by atoms with Gasteiger partial charge in [-0.1, -0.05) is 12.1 Å². The number of aromatic hydroxyl groups is 1. The molecule has 0 amide bonds. The van der Waals surface area contributed by atoms with Crippen LogP contribution in [0.5, 0.6) is 11.5 Å². The molecular weight excluding hydrogens is 242 g/mol. The monoisotopic (exact) mass is 259 g/mol. The third kappa shape index (κ3) is 1.53. The average Bonchev–Trinajstić information content (AvgIpc) is 2.65. The summed E-state index contributed by atoms with van der Waals surface area (Å²) in [5.74, 6) is 1.04. The average molecular weight is 259 g/mol. The van der Waals surface area contributed by atoms with Gasteiger partial charge < -0.3 is 14.9 Å². The van der Waals surface area contributed by atoms with Gasteiger partial charge in [-0.05, 0) is 24.3 Å². The van der Waals surface area contributed by atoms with Crippen LogP contribution in [0.3, 0.4) is 0 Å². The van der Waals surface area contributed by atoms with E-state index in [-0.39, 0.29) is 17.8 Å². The second-order valence-electron chi connectivity index (χ2n) is 5.84. The number of phenols is 1. The number of ether oxygens (including phenoxy) is 1. The molecule has 1 aromatic rings. The molecule has 0 aromatic heterocycles. The molecule has 2 aliphatic heterocycles. The number of rotatable bonds is 0. The van der Waals surface area contributed by atoms with Gasteiger partial charge in [-0.25, -0.2) is 0 Å². The van der Waals surface area contributed by atoms with Crippen molar-refractivity contribution in [1.29, 1.82) is 0 Å². The second-order valence-corrected chi connectivity index (χ2v) is 5.84. The van der Waals surface area contributed by atoms with E-state index in [2.05, 4.69) is 11.9 Å². The lowest BCUT2D eigenvalue weighted by atomic mass is 9.80. The fourth-order valence-corrected chi connectivity index (χ4v) is 3.71. The standard InChI is InChI=1S/C15H17NO3/c1-16-6-8-2-3-11(18)15-14(8)13-9(7-16)4-10(17)5-12(13)19-15/h2-4,10,12-13,17-18H,5-7H2,1H3. The van der Waals surface area contributed by atoms with Crippen LogP contribution in [0.15, 0.2) is 23.8 Å². The minimum Gasteiger partial charge on any atom is -0.504 e. The number of nitrogens with zero attached hydrogens (tertiary/aromatic N) is 1. The Morgan fingerprint density at radius 1 is 1.32 bits per heavy atom. The summed E-state index contributed by atoms with van der Waals surface area (Å²) in [6, 6.07) is 3.70. The summed E-state index contributed by atoms with van der Waals surface area (Å²) in [6.07, 6.45) is 2.09. The maximum Gasteiger partial charge on any atom is 0.165 e. The predicted octanol–water partition coefficient (Wildman–Crippen LogP) is 1.37. The van der Waals surface area contributed by atoms with Crippen molar-refractivity contribution in [2.75, 3.05) is 13.6 Å². The van der Waals surface area contributed by atoms with Gasteiger partial charge in [0.05, 0.1) is 6.10 Å². The summed E-state index contributed by atoms with van der Waals surface area (Å²) >= 11 is 0. The van der Waals surface area contributed by atoms with Crippen LogP contribution in [0.4, 0.5) is 0 Å². The van der Waals surface area contributed by atoms with Gasteiger partial charge in [-0.3, -0.25) is 4.90 Å². The lowest BCUT2D eigenvalue weighted by Gasteiger charge is -2.29. The molecular formula is C15H17NO3. The molecule has 0 radical (unpaired) electrons. The second kappa shape index (κ2) is 3.74. The molecule has 100 valence electrons. The molecule has 2 N–H and O–H groups in total. The minimum absolute atomic E-state index is 0.0384. The van der Waals surface area contributed by atoms with Gasteiger partial charge in [0.15, 0.2) is 11.5 Å². The Morgan fingerprint density at radius 2 is 2.16 bits per heavy atom. The zero-order valence-corrected chi connectivity index (χ0v) is 10.8. The highest BCUT2D eigenvalue weighted by molar-refractivity contribution is 5.59. The van der Waals surface area contributed by atoms with Crippen LogP contribution < -0.4 is 4.74 Å². The quantitative estimate of drug-likeness (QED) is 0.691. The van der Waals surface area contributed by atoms with Crippen LogP contribution in [0.25, 0.3) is 0 Å². The van der Waals surface area contributed by atoms with Gasteiger partial charge in [-0.15, -0.1) is 0 Å². The van der Waals surface area contributed by atoms with Crippen LogP contribution in [0.1, 0.15) is 23.5 Å². The Labute approximate surface area is 111 Å². The molecule has 3 atom stereocenters. The van der Waals surface area contributed by atoms with Crippen LogP contribution in [0, 0.1) is 0 Å². The van der Waals surface area contributed by atoms with Gasteiger partial charge in [0, 0.05) is 31.0 Å². The molecule has 0 spiro atoms. The molecule has 4 heteroatoms. The molecule has 1 aliphatic carbocycles. The van der Waals surface area contributed by atoms with E-state index in [9.17, 15) is 10.2 Å². The lowest BCUT2D eigenvalue weighted by Crippen LogP contribution is -2.32. The van der Waals surface area contributed by atoms with Gasteiger partial charge in [0.1, 0.15) is 6.10 Å². The summed E-state index contributed by atoms with van der Waals surface area (Å²) in [7, 11) is 2.08. The molecule has 3 unspecified atom stereocenters. The van der Waals surface area contributed by atoms with Crippen molar-refractivity contribution in [2.24, 2.45) is 0 Å². The molecule has 0 saturated carbocycles. The maximum atomic E-state index is 10.0. The molecule has 0 saturated heterocycles. The number of hydrogen-bond acceptors (Lipinski definition) is 4. The number of benzene rings is 1. The molecule has 0 bridgehead atoms. The third-order valence-corrected chi connectivity index (χ3v) is 4.39. The van der Waals surface area contributed by atoms with E-state index >= 15 is 0 Å². The first-order valence-electron chi connectivity index (χ1n) is 6.72. The van der Waals surface area contributed by atoms with E-state index in [1.54, 1.807) is 6.07 Å². The summed E-state index contributed by atoms with van der Waals surface area (Å²) in [5.41, 5.74) is 3.57. The molecule has 2 heterocycles. The van der Waals surface area contributed by atoms with Gasteiger partial charge >= 0.3 is 0 Å². The highest BCUT2D eigenvalue weighted by Gasteiger charge is 2.44. The molecule has 3 aliphatic rings. The number of phenolic OH excluding ortho intramolecular Hbond substituents is 1. The Balaban J connectivity index is 1.95. The molecule has 4 nitrogen and oxygen atoms in total. The normalized spacial score (nSPS) is 32.3. The Hall–Kier alpha value is -1.52. The predicted molar refractivity (Wildman–Crippen MR) is 70.3 cm³/mol. The third-order valence-electron chi connectivity index (χ3n) is 4.39. The van der Waals surface area contributed by atoms with Crippen molar-refractivity contribution in [1.82, 2.24) is 4.90 Å². The SMILES string of the molecule is CN1CC2=CC(O)CC3Oc4c(O)ccc(c4C23)C1. The highest BCUT2D eigenvalue weighted by Crippen LogP contribution is 2.52. The van der Waals surface area contributed by atoms with E-state index in [1.807, 2.05) is 12.1 Å². The fourth-order valence-electron chi connectivity index (χ4n) is 3.71. The van der Waals surface area contributed by atoms with Crippen LogP contribution >= 0.6 is 0 Å². The lowest BCUT2D eigenvalue weighted by molar-refractivity contribution is 0.111. The number of likely N-dealkylation sites (N-methyl/N-ethyl adjacent to an activating group) is 1. The fraction of sp³-hybridized carbons (Fsp3) is 0.467. The maximum absolute atomic E-state index is 10.0. The smallest absolute Gasteiger partial charge is 0.165 e. The van der Waals surface area contributed by atoms with Crippen molar-refractivity contribution in [3.63, 3.8) is 0 Å². The number of aliphatic hydroxyl groups is 1. The molecule has 0 fully saturated rings. The van der Waals surface area contributed by atoms with Crippen molar-refractivity contribution < 1.29 is 14.9 Å². The largest absolute Gasteiger partial charge is 0.504 e. The summed E-state index contributed by atoms with van der Waals surface area (Å²) < 4.78 is 5.92. The number of aliphatic hydroxyl groups excluding tert-OH is 1. The van der Waals surface area contributed by atoms with Crippen molar-refractivity contribution in [3.8, 4) is 11.5 Å². The van der Waals surface area contributed by atoms with Gasteiger partial charge in [-0.2, -0.15) is 0 Å². The van der Waals surface area contributed by atoms with E-state index in [0.717, 1.165) is 18.7 Å². The van der Waals surface area contributed by atoms with Crippen molar-refractivity contribution >= 4 is 0 Å². The first kappa shape index (κ1) is 11.3.